The van der Waals surface area contributed by atoms with E-state index in [4.69, 9.17) is 0 Å². The first-order chi connectivity index (χ1) is 13.1. The van der Waals surface area contributed by atoms with Crippen LogP contribution in [0.1, 0.15) is 36.8 Å². The van der Waals surface area contributed by atoms with Crippen molar-refractivity contribution in [2.75, 3.05) is 6.61 Å². The molecule has 0 saturated carbocycles. The maximum atomic E-state index is 12.5. The largest absolute Gasteiger partial charge is 0.456 e. The SMILES string of the molecule is C[C@H](CCCc1cc(Br)sc1Br)[C@H](C(=O)OCC(F)(F)F)c1ccc(Br)cc1. The van der Waals surface area contributed by atoms with Gasteiger partial charge in [0.05, 0.1) is 13.5 Å². The van der Waals surface area contributed by atoms with E-state index >= 15 is 0 Å². The highest BCUT2D eigenvalue weighted by Crippen LogP contribution is 2.35. The molecule has 1 heterocycles. The van der Waals surface area contributed by atoms with E-state index in [0.29, 0.717) is 12.0 Å². The summed E-state index contributed by atoms with van der Waals surface area (Å²) in [5, 5.41) is 0. The standard InChI is InChI=1S/C19H18Br3F3O2S/c1-11(3-2-4-13-9-15(21)28-17(13)22)16(12-5-7-14(20)8-6-12)18(26)27-10-19(23,24)25/h5-9,11,16H,2-4,10H2,1H3/t11-,16+/m1/s1. The van der Waals surface area contributed by atoms with Crippen molar-refractivity contribution in [1.29, 1.82) is 0 Å². The van der Waals surface area contributed by atoms with Crippen molar-refractivity contribution < 1.29 is 22.7 Å². The molecule has 0 aliphatic rings. The summed E-state index contributed by atoms with van der Waals surface area (Å²) in [5.74, 6) is -1.75. The molecular formula is C19H18Br3F3O2S. The number of ether oxygens (including phenoxy) is 1. The Kier molecular flexibility index (Phi) is 9.04. The molecule has 0 radical (unpaired) electrons. The fourth-order valence-corrected chi connectivity index (χ4v) is 6.11. The first kappa shape index (κ1) is 23.9. The molecule has 0 aliphatic carbocycles. The lowest BCUT2D eigenvalue weighted by Crippen LogP contribution is -2.27. The van der Waals surface area contributed by atoms with Crippen LogP contribution in [0, 0.1) is 5.92 Å². The summed E-state index contributed by atoms with van der Waals surface area (Å²) in [4.78, 5) is 12.5. The Labute approximate surface area is 191 Å². The van der Waals surface area contributed by atoms with Crippen molar-refractivity contribution in [2.45, 2.75) is 38.3 Å². The minimum absolute atomic E-state index is 0.164. The fraction of sp³-hybridized carbons (Fsp3) is 0.421. The lowest BCUT2D eigenvalue weighted by Gasteiger charge is -2.23. The number of thiophene rings is 1. The number of halogens is 6. The Morgan fingerprint density at radius 2 is 1.82 bits per heavy atom. The number of benzene rings is 1. The number of hydrogen-bond acceptors (Lipinski definition) is 3. The van der Waals surface area contributed by atoms with Gasteiger partial charge >= 0.3 is 12.1 Å². The third-order valence-electron chi connectivity index (χ3n) is 4.26. The fourth-order valence-electron chi connectivity index (χ4n) is 2.94. The second kappa shape index (κ2) is 10.6. The molecule has 2 rings (SSSR count). The van der Waals surface area contributed by atoms with Crippen LogP contribution >= 0.6 is 59.1 Å². The van der Waals surface area contributed by atoms with Crippen molar-refractivity contribution in [2.24, 2.45) is 5.92 Å². The molecular weight excluding hydrogens is 589 g/mol. The van der Waals surface area contributed by atoms with Gasteiger partial charge in [0.15, 0.2) is 6.61 Å². The Morgan fingerprint density at radius 1 is 1.18 bits per heavy atom. The summed E-state index contributed by atoms with van der Waals surface area (Å²) in [7, 11) is 0. The van der Waals surface area contributed by atoms with Gasteiger partial charge in [-0.05, 0) is 86.4 Å². The molecule has 9 heteroatoms. The summed E-state index contributed by atoms with van der Waals surface area (Å²) in [6, 6.07) is 9.07. The second-order valence-corrected chi connectivity index (χ2v) is 11.1. The third-order valence-corrected chi connectivity index (χ3v) is 7.26. The molecule has 0 fully saturated rings. The molecule has 0 N–H and O–H groups in total. The summed E-state index contributed by atoms with van der Waals surface area (Å²) >= 11 is 11.9. The molecule has 0 unspecified atom stereocenters. The lowest BCUT2D eigenvalue weighted by atomic mass is 9.84. The minimum atomic E-state index is -4.54. The van der Waals surface area contributed by atoms with Crippen molar-refractivity contribution in [3.63, 3.8) is 0 Å². The van der Waals surface area contributed by atoms with Gasteiger partial charge in [0.2, 0.25) is 0 Å². The van der Waals surface area contributed by atoms with Gasteiger partial charge in [-0.25, -0.2) is 0 Å². The molecule has 2 nitrogen and oxygen atoms in total. The van der Waals surface area contributed by atoms with E-state index in [1.807, 2.05) is 13.0 Å². The third kappa shape index (κ3) is 7.46. The van der Waals surface area contributed by atoms with Gasteiger partial charge in [0.25, 0.3) is 0 Å². The molecule has 1 aromatic heterocycles. The maximum absolute atomic E-state index is 12.5. The molecule has 0 bridgehead atoms. The van der Waals surface area contributed by atoms with Crippen LogP contribution in [0.2, 0.25) is 0 Å². The van der Waals surface area contributed by atoms with Gasteiger partial charge in [-0.2, -0.15) is 13.2 Å². The quantitative estimate of drug-likeness (QED) is 0.286. The zero-order valence-corrected chi connectivity index (χ0v) is 20.4. The average Bonchev–Trinajstić information content (AvgIpc) is 2.92. The molecule has 2 aromatic rings. The Bertz CT molecular complexity index is 791. The Balaban J connectivity index is 2.07. The Hall–Kier alpha value is -0.380. The highest BCUT2D eigenvalue weighted by Gasteiger charge is 2.34. The summed E-state index contributed by atoms with van der Waals surface area (Å²) in [6.45, 7) is 0.307. The minimum Gasteiger partial charge on any atom is -0.456 e. The van der Waals surface area contributed by atoms with Crippen LogP contribution in [-0.2, 0) is 16.0 Å². The van der Waals surface area contributed by atoms with E-state index in [2.05, 4.69) is 52.5 Å². The van der Waals surface area contributed by atoms with E-state index in [1.54, 1.807) is 35.6 Å². The van der Waals surface area contributed by atoms with Gasteiger partial charge in [-0.3, -0.25) is 4.79 Å². The summed E-state index contributed by atoms with van der Waals surface area (Å²) in [6.07, 6.45) is -2.23. The van der Waals surface area contributed by atoms with E-state index in [-0.39, 0.29) is 5.92 Å². The number of carbonyl (C=O) groups excluding carboxylic acids is 1. The van der Waals surface area contributed by atoms with Crippen molar-refractivity contribution >= 4 is 65.1 Å². The van der Waals surface area contributed by atoms with Crippen molar-refractivity contribution in [1.82, 2.24) is 0 Å². The van der Waals surface area contributed by atoms with Gasteiger partial charge in [-0.1, -0.05) is 35.0 Å². The van der Waals surface area contributed by atoms with E-state index in [1.165, 1.54) is 5.56 Å². The average molecular weight is 607 g/mol. The lowest BCUT2D eigenvalue weighted by molar-refractivity contribution is -0.188. The first-order valence-corrected chi connectivity index (χ1v) is 11.7. The molecule has 1 aromatic carbocycles. The van der Waals surface area contributed by atoms with Crippen LogP contribution in [-0.4, -0.2) is 18.8 Å². The number of aryl methyl sites for hydroxylation is 1. The number of esters is 1. The molecule has 154 valence electrons. The van der Waals surface area contributed by atoms with Crippen LogP contribution < -0.4 is 0 Å². The molecule has 0 aliphatic heterocycles. The van der Waals surface area contributed by atoms with Gasteiger partial charge in [0, 0.05) is 4.47 Å². The predicted octanol–water partition coefficient (Wildman–Crippen LogP) is 7.88. The smallest absolute Gasteiger partial charge is 0.422 e. The highest BCUT2D eigenvalue weighted by atomic mass is 79.9. The number of carbonyl (C=O) groups is 1. The number of rotatable bonds is 8. The van der Waals surface area contributed by atoms with Gasteiger partial charge < -0.3 is 4.74 Å². The molecule has 28 heavy (non-hydrogen) atoms. The van der Waals surface area contributed by atoms with Crippen LogP contribution in [0.15, 0.2) is 42.4 Å². The van der Waals surface area contributed by atoms with E-state index < -0.39 is 24.7 Å². The zero-order valence-electron chi connectivity index (χ0n) is 14.9. The summed E-state index contributed by atoms with van der Waals surface area (Å²) < 4.78 is 44.9. The molecule has 0 amide bonds. The maximum Gasteiger partial charge on any atom is 0.422 e. The topological polar surface area (TPSA) is 26.3 Å². The van der Waals surface area contributed by atoms with Crippen LogP contribution in [0.4, 0.5) is 13.2 Å². The zero-order chi connectivity index (χ0) is 20.9. The molecule has 0 spiro atoms. The molecule has 0 saturated heterocycles. The Morgan fingerprint density at radius 3 is 2.36 bits per heavy atom. The van der Waals surface area contributed by atoms with Gasteiger partial charge in [0.1, 0.15) is 0 Å². The van der Waals surface area contributed by atoms with Crippen molar-refractivity contribution in [3.05, 3.63) is 53.5 Å². The number of alkyl halides is 3. The first-order valence-electron chi connectivity index (χ1n) is 8.49. The van der Waals surface area contributed by atoms with Crippen molar-refractivity contribution in [3.8, 4) is 0 Å². The van der Waals surface area contributed by atoms with Crippen LogP contribution in [0.25, 0.3) is 0 Å². The molecule has 2 atom stereocenters. The van der Waals surface area contributed by atoms with Gasteiger partial charge in [-0.15, -0.1) is 11.3 Å². The normalized spacial score (nSPS) is 14.0. The summed E-state index contributed by atoms with van der Waals surface area (Å²) in [5.41, 5.74) is 1.83. The van der Waals surface area contributed by atoms with E-state index in [9.17, 15) is 18.0 Å². The highest BCUT2D eigenvalue weighted by molar-refractivity contribution is 9.12. The second-order valence-electron chi connectivity index (χ2n) is 6.47. The number of hydrogen-bond donors (Lipinski definition) is 0. The monoisotopic (exact) mass is 604 g/mol. The van der Waals surface area contributed by atoms with E-state index in [0.717, 1.165) is 24.9 Å². The van der Waals surface area contributed by atoms with Crippen LogP contribution in [0.3, 0.4) is 0 Å². The predicted molar refractivity (Wildman–Crippen MR) is 116 cm³/mol. The van der Waals surface area contributed by atoms with Crippen LogP contribution in [0.5, 0.6) is 0 Å².